The molecule has 126 valence electrons. The Kier molecular flexibility index (Phi) is 5.29. The zero-order valence-electron chi connectivity index (χ0n) is 12.5. The van der Waals surface area contributed by atoms with Crippen LogP contribution in [-0.4, -0.2) is 51.3 Å². The van der Waals surface area contributed by atoms with E-state index in [1.54, 1.807) is 0 Å². The number of anilines is 3. The summed E-state index contributed by atoms with van der Waals surface area (Å²) in [7, 11) is 0. The SMILES string of the molecule is CC(=O)Nc1nc(N[C@@H]2C[C@H](CO)[C@@H](O)C2)c(NC=O)c(=O)[nH]1. The second-order valence-corrected chi connectivity index (χ2v) is 5.40. The summed E-state index contributed by atoms with van der Waals surface area (Å²) < 4.78 is 0. The Morgan fingerprint density at radius 2 is 2.22 bits per heavy atom. The van der Waals surface area contributed by atoms with E-state index in [0.29, 0.717) is 19.3 Å². The smallest absolute Gasteiger partial charge is 0.278 e. The van der Waals surface area contributed by atoms with Crippen LogP contribution >= 0.6 is 0 Å². The van der Waals surface area contributed by atoms with E-state index >= 15 is 0 Å². The molecule has 0 saturated heterocycles. The Labute approximate surface area is 131 Å². The van der Waals surface area contributed by atoms with E-state index in [4.69, 9.17) is 0 Å². The van der Waals surface area contributed by atoms with Crippen LogP contribution in [0.1, 0.15) is 19.8 Å². The minimum Gasteiger partial charge on any atom is -0.396 e. The van der Waals surface area contributed by atoms with Crippen LogP contribution in [0.15, 0.2) is 4.79 Å². The maximum Gasteiger partial charge on any atom is 0.278 e. The van der Waals surface area contributed by atoms with Crippen molar-refractivity contribution in [3.63, 3.8) is 0 Å². The minimum atomic E-state index is -0.656. The number of aromatic nitrogens is 2. The van der Waals surface area contributed by atoms with Crippen molar-refractivity contribution in [2.75, 3.05) is 22.6 Å². The molecule has 23 heavy (non-hydrogen) atoms. The maximum absolute atomic E-state index is 12.0. The standard InChI is InChI=1S/C13H19N5O5/c1-6(21)15-13-17-11(10(14-5-20)12(23)18-13)16-8-2-7(4-19)9(22)3-8/h5,7-9,19,22H,2-4H2,1H3,(H,14,20)(H3,15,16,17,18,21,23)/t7-,8-,9+/m1/s1. The molecule has 0 radical (unpaired) electrons. The molecule has 1 aliphatic carbocycles. The number of H-pyrrole nitrogens is 1. The first-order chi connectivity index (χ1) is 10.9. The fraction of sp³-hybridized carbons (Fsp3) is 0.538. The molecule has 10 nitrogen and oxygen atoms in total. The van der Waals surface area contributed by atoms with Crippen LogP contribution in [0.3, 0.4) is 0 Å². The van der Waals surface area contributed by atoms with Gasteiger partial charge in [0, 0.05) is 25.5 Å². The van der Waals surface area contributed by atoms with E-state index < -0.39 is 17.6 Å². The third kappa shape index (κ3) is 4.05. The average molecular weight is 325 g/mol. The van der Waals surface area contributed by atoms with E-state index in [-0.39, 0.29) is 36.0 Å². The van der Waals surface area contributed by atoms with E-state index in [0.717, 1.165) is 0 Å². The average Bonchev–Trinajstić information content (AvgIpc) is 2.82. The van der Waals surface area contributed by atoms with Crippen molar-refractivity contribution in [3.8, 4) is 0 Å². The third-order valence-corrected chi connectivity index (χ3v) is 3.65. The van der Waals surface area contributed by atoms with Gasteiger partial charge in [-0.25, -0.2) is 0 Å². The number of carbonyl (C=O) groups is 2. The number of aromatic amines is 1. The highest BCUT2D eigenvalue weighted by Gasteiger charge is 2.33. The number of aliphatic hydroxyl groups is 2. The lowest BCUT2D eigenvalue weighted by atomic mass is 10.1. The third-order valence-electron chi connectivity index (χ3n) is 3.65. The molecule has 0 spiro atoms. The summed E-state index contributed by atoms with van der Waals surface area (Å²) in [6.07, 6.45) is 0.546. The minimum absolute atomic E-state index is 0.0568. The van der Waals surface area contributed by atoms with Crippen molar-refractivity contribution in [1.29, 1.82) is 0 Å². The number of carbonyl (C=O) groups excluding carboxylic acids is 2. The van der Waals surface area contributed by atoms with Gasteiger partial charge >= 0.3 is 0 Å². The normalized spacial score (nSPS) is 23.3. The molecular weight excluding hydrogens is 306 g/mol. The topological polar surface area (TPSA) is 156 Å². The molecule has 1 aliphatic rings. The fourth-order valence-electron chi connectivity index (χ4n) is 2.61. The van der Waals surface area contributed by atoms with Gasteiger partial charge < -0.3 is 20.8 Å². The molecule has 0 bridgehead atoms. The van der Waals surface area contributed by atoms with Gasteiger partial charge in [0.1, 0.15) is 5.69 Å². The molecule has 3 atom stereocenters. The molecule has 10 heteroatoms. The predicted molar refractivity (Wildman–Crippen MR) is 82.1 cm³/mol. The summed E-state index contributed by atoms with van der Waals surface area (Å²) in [5.74, 6) is -0.641. The molecule has 1 aromatic heterocycles. The van der Waals surface area contributed by atoms with E-state index in [1.165, 1.54) is 6.92 Å². The predicted octanol–water partition coefficient (Wildman–Crippen LogP) is -1.16. The number of hydrogen-bond donors (Lipinski definition) is 6. The summed E-state index contributed by atoms with van der Waals surface area (Å²) in [4.78, 5) is 40.2. The zero-order chi connectivity index (χ0) is 17.0. The Morgan fingerprint density at radius 1 is 1.48 bits per heavy atom. The number of aliphatic hydroxyl groups excluding tert-OH is 2. The van der Waals surface area contributed by atoms with E-state index in [2.05, 4.69) is 25.9 Å². The van der Waals surface area contributed by atoms with Gasteiger partial charge in [0.05, 0.1) is 6.10 Å². The monoisotopic (exact) mass is 325 g/mol. The highest BCUT2D eigenvalue weighted by atomic mass is 16.3. The molecule has 6 N–H and O–H groups in total. The first-order valence-corrected chi connectivity index (χ1v) is 7.12. The summed E-state index contributed by atoms with van der Waals surface area (Å²) in [5.41, 5.74) is -0.716. The molecule has 2 rings (SSSR count). The second kappa shape index (κ2) is 7.20. The number of nitrogens with one attached hydrogen (secondary N) is 4. The van der Waals surface area contributed by atoms with Gasteiger partial charge in [-0.2, -0.15) is 4.98 Å². The van der Waals surface area contributed by atoms with Crippen LogP contribution in [0.5, 0.6) is 0 Å². The van der Waals surface area contributed by atoms with Gasteiger partial charge in [-0.1, -0.05) is 0 Å². The molecule has 2 amide bonds. The van der Waals surface area contributed by atoms with Crippen molar-refractivity contribution < 1.29 is 19.8 Å². The molecule has 0 unspecified atom stereocenters. The van der Waals surface area contributed by atoms with Gasteiger partial charge in [0.25, 0.3) is 5.56 Å². The highest BCUT2D eigenvalue weighted by molar-refractivity contribution is 5.87. The summed E-state index contributed by atoms with van der Waals surface area (Å²) >= 11 is 0. The molecule has 1 heterocycles. The van der Waals surface area contributed by atoms with Crippen molar-refractivity contribution in [2.45, 2.75) is 31.9 Å². The van der Waals surface area contributed by atoms with Gasteiger partial charge in [-0.15, -0.1) is 0 Å². The first-order valence-electron chi connectivity index (χ1n) is 7.12. The van der Waals surface area contributed by atoms with E-state index in [9.17, 15) is 24.6 Å². The molecular formula is C13H19N5O5. The molecule has 0 aliphatic heterocycles. The maximum atomic E-state index is 12.0. The Morgan fingerprint density at radius 3 is 2.78 bits per heavy atom. The fourth-order valence-corrected chi connectivity index (χ4v) is 2.61. The summed E-state index contributed by atoms with van der Waals surface area (Å²) in [6.45, 7) is 1.13. The van der Waals surface area contributed by atoms with Crippen LogP contribution in [-0.2, 0) is 9.59 Å². The summed E-state index contributed by atoms with van der Waals surface area (Å²) in [5, 5.41) is 26.6. The van der Waals surface area contributed by atoms with Crippen LogP contribution in [0.4, 0.5) is 17.5 Å². The number of amides is 2. The van der Waals surface area contributed by atoms with Crippen LogP contribution in [0.2, 0.25) is 0 Å². The highest BCUT2D eigenvalue weighted by Crippen LogP contribution is 2.29. The van der Waals surface area contributed by atoms with Gasteiger partial charge in [0.15, 0.2) is 5.82 Å². The lowest BCUT2D eigenvalue weighted by Crippen LogP contribution is -2.25. The Hall–Kier alpha value is -2.46. The lowest BCUT2D eigenvalue weighted by Gasteiger charge is -2.16. The Balaban J connectivity index is 2.27. The zero-order valence-corrected chi connectivity index (χ0v) is 12.5. The van der Waals surface area contributed by atoms with Crippen molar-refractivity contribution in [1.82, 2.24) is 9.97 Å². The van der Waals surface area contributed by atoms with Crippen LogP contribution in [0.25, 0.3) is 0 Å². The van der Waals surface area contributed by atoms with Crippen molar-refractivity contribution >= 4 is 29.8 Å². The quantitative estimate of drug-likeness (QED) is 0.360. The second-order valence-electron chi connectivity index (χ2n) is 5.40. The number of rotatable bonds is 6. The molecule has 0 aromatic carbocycles. The number of hydrogen-bond acceptors (Lipinski definition) is 7. The van der Waals surface area contributed by atoms with E-state index in [1.807, 2.05) is 0 Å². The summed E-state index contributed by atoms with van der Waals surface area (Å²) in [6, 6.07) is -0.228. The van der Waals surface area contributed by atoms with Crippen LogP contribution in [0, 0.1) is 5.92 Å². The van der Waals surface area contributed by atoms with Gasteiger partial charge in [0.2, 0.25) is 18.3 Å². The van der Waals surface area contributed by atoms with Crippen molar-refractivity contribution in [3.05, 3.63) is 10.4 Å². The van der Waals surface area contributed by atoms with Crippen LogP contribution < -0.4 is 21.5 Å². The molecule has 1 aromatic rings. The van der Waals surface area contributed by atoms with Gasteiger partial charge in [-0.05, 0) is 12.8 Å². The molecule has 1 saturated carbocycles. The van der Waals surface area contributed by atoms with Gasteiger partial charge in [-0.3, -0.25) is 24.7 Å². The largest absolute Gasteiger partial charge is 0.396 e. The number of nitrogens with zero attached hydrogens (tertiary/aromatic N) is 1. The molecule has 1 fully saturated rings. The van der Waals surface area contributed by atoms with Crippen molar-refractivity contribution in [2.24, 2.45) is 5.92 Å². The lowest BCUT2D eigenvalue weighted by molar-refractivity contribution is -0.114. The first kappa shape index (κ1) is 16.9. The Bertz CT molecular complexity index is 646.